The Labute approximate surface area is 281 Å². The van der Waals surface area contributed by atoms with Crippen molar-refractivity contribution in [2.75, 3.05) is 38.7 Å². The Balaban J connectivity index is 1.82. The molecule has 4 rings (SSSR count). The average molecular weight is 678 g/mol. The largest absolute Gasteiger partial charge is 0.497 e. The van der Waals surface area contributed by atoms with Crippen molar-refractivity contribution in [3.8, 4) is 17.2 Å². The van der Waals surface area contributed by atoms with Crippen LogP contribution in [0.1, 0.15) is 24.5 Å². The average Bonchev–Trinajstić information content (AvgIpc) is 3.11. The van der Waals surface area contributed by atoms with E-state index in [1.54, 1.807) is 24.3 Å². The molecule has 1 atom stereocenters. The summed E-state index contributed by atoms with van der Waals surface area (Å²) in [5.74, 6) is -0.583. The normalized spacial score (nSPS) is 11.7. The highest BCUT2D eigenvalue weighted by atomic mass is 32.2. The van der Waals surface area contributed by atoms with Crippen molar-refractivity contribution < 1.29 is 36.6 Å². The van der Waals surface area contributed by atoms with E-state index in [0.29, 0.717) is 30.0 Å². The first kappa shape index (κ1) is 35.7. The predicted octanol–water partition coefficient (Wildman–Crippen LogP) is 5.21. The van der Waals surface area contributed by atoms with Crippen molar-refractivity contribution in [1.82, 2.24) is 10.2 Å². The van der Waals surface area contributed by atoms with Crippen LogP contribution in [0.3, 0.4) is 0 Å². The predicted molar refractivity (Wildman–Crippen MR) is 181 cm³/mol. The minimum absolute atomic E-state index is 0.0270. The van der Waals surface area contributed by atoms with Crippen molar-refractivity contribution in [2.45, 2.75) is 37.2 Å². The molecule has 10 nitrogen and oxygen atoms in total. The molecule has 48 heavy (non-hydrogen) atoms. The van der Waals surface area contributed by atoms with E-state index in [9.17, 15) is 22.4 Å². The topological polar surface area (TPSA) is 114 Å². The number of anilines is 1. The molecule has 0 bridgehead atoms. The third-order valence-electron chi connectivity index (χ3n) is 7.64. The lowest BCUT2D eigenvalue weighted by Crippen LogP contribution is -2.53. The quantitative estimate of drug-likeness (QED) is 0.173. The standard InChI is InChI=1S/C36H40FN3O7S/c1-5-20-38-36(42)32(22-26-10-7-6-8-11-26)39(24-27-12-9-13-30(21-27)45-2)35(41)25-40(29-16-14-28(37)15-17-29)48(43,44)31-18-19-33(46-3)34(23-31)47-4/h6-19,21,23,32H,5,20,22,24-25H2,1-4H3,(H,38,42)/t32-/m1/s1. The molecule has 1 N–H and O–H groups in total. The second kappa shape index (κ2) is 16.6. The highest BCUT2D eigenvalue weighted by Gasteiger charge is 2.35. The van der Waals surface area contributed by atoms with Gasteiger partial charge in [-0.25, -0.2) is 12.8 Å². The molecule has 4 aromatic rings. The van der Waals surface area contributed by atoms with Gasteiger partial charge in [-0.3, -0.25) is 13.9 Å². The molecule has 0 aliphatic heterocycles. The van der Waals surface area contributed by atoms with E-state index in [2.05, 4.69) is 5.32 Å². The summed E-state index contributed by atoms with van der Waals surface area (Å²) in [7, 11) is -0.120. The minimum Gasteiger partial charge on any atom is -0.497 e. The number of nitrogens with zero attached hydrogens (tertiary/aromatic N) is 2. The summed E-state index contributed by atoms with van der Waals surface area (Å²) in [6, 6.07) is 24.2. The number of amides is 2. The van der Waals surface area contributed by atoms with E-state index < -0.39 is 34.3 Å². The zero-order chi connectivity index (χ0) is 34.7. The van der Waals surface area contributed by atoms with Crippen LogP contribution in [-0.4, -0.2) is 65.6 Å². The van der Waals surface area contributed by atoms with E-state index >= 15 is 0 Å². The van der Waals surface area contributed by atoms with Crippen molar-refractivity contribution in [3.05, 3.63) is 114 Å². The molecule has 0 heterocycles. The number of halogens is 1. The number of rotatable bonds is 16. The van der Waals surface area contributed by atoms with E-state index in [1.807, 2.05) is 37.3 Å². The summed E-state index contributed by atoms with van der Waals surface area (Å²) in [6.07, 6.45) is 0.848. The van der Waals surface area contributed by atoms with Crippen LogP contribution in [0, 0.1) is 5.82 Å². The summed E-state index contributed by atoms with van der Waals surface area (Å²) >= 11 is 0. The van der Waals surface area contributed by atoms with Crippen molar-refractivity contribution >= 4 is 27.5 Å². The van der Waals surface area contributed by atoms with Crippen LogP contribution < -0.4 is 23.8 Å². The fourth-order valence-corrected chi connectivity index (χ4v) is 6.56. The zero-order valence-electron chi connectivity index (χ0n) is 27.4. The number of carbonyl (C=O) groups is 2. The molecule has 0 fully saturated rings. The molecule has 254 valence electrons. The lowest BCUT2D eigenvalue weighted by Gasteiger charge is -2.34. The maximum Gasteiger partial charge on any atom is 0.264 e. The van der Waals surface area contributed by atoms with Crippen LogP contribution in [0.15, 0.2) is 102 Å². The van der Waals surface area contributed by atoms with E-state index in [-0.39, 0.29) is 35.2 Å². The molecular formula is C36H40FN3O7S. The maximum absolute atomic E-state index is 14.6. The number of methoxy groups -OCH3 is 3. The van der Waals surface area contributed by atoms with Crippen LogP contribution >= 0.6 is 0 Å². The van der Waals surface area contributed by atoms with E-state index in [0.717, 1.165) is 22.0 Å². The summed E-state index contributed by atoms with van der Waals surface area (Å²) in [4.78, 5) is 29.5. The van der Waals surface area contributed by atoms with Gasteiger partial charge in [0.1, 0.15) is 24.2 Å². The van der Waals surface area contributed by atoms with Gasteiger partial charge in [0, 0.05) is 25.6 Å². The molecule has 0 radical (unpaired) electrons. The Hall–Kier alpha value is -5.10. The van der Waals surface area contributed by atoms with Gasteiger partial charge in [0.2, 0.25) is 11.8 Å². The number of hydrogen-bond donors (Lipinski definition) is 1. The fourth-order valence-electron chi connectivity index (χ4n) is 5.13. The molecule has 0 spiro atoms. The van der Waals surface area contributed by atoms with Crippen LogP contribution in [0.4, 0.5) is 10.1 Å². The lowest BCUT2D eigenvalue weighted by atomic mass is 10.0. The van der Waals surface area contributed by atoms with Gasteiger partial charge in [-0.15, -0.1) is 0 Å². The molecule has 0 saturated heterocycles. The Bertz CT molecular complexity index is 1790. The number of nitrogens with one attached hydrogen (secondary N) is 1. The molecular weight excluding hydrogens is 637 g/mol. The Morgan fingerprint density at radius 2 is 1.50 bits per heavy atom. The molecule has 0 aliphatic rings. The zero-order valence-corrected chi connectivity index (χ0v) is 28.2. The smallest absolute Gasteiger partial charge is 0.264 e. The molecule has 2 amide bonds. The highest BCUT2D eigenvalue weighted by molar-refractivity contribution is 7.92. The van der Waals surface area contributed by atoms with Gasteiger partial charge in [-0.05, 0) is 66.1 Å². The maximum atomic E-state index is 14.6. The number of hydrogen-bond acceptors (Lipinski definition) is 7. The molecule has 0 unspecified atom stereocenters. The van der Waals surface area contributed by atoms with Crippen molar-refractivity contribution in [2.24, 2.45) is 0 Å². The van der Waals surface area contributed by atoms with Crippen molar-refractivity contribution in [1.29, 1.82) is 0 Å². The van der Waals surface area contributed by atoms with Gasteiger partial charge < -0.3 is 24.4 Å². The lowest BCUT2D eigenvalue weighted by molar-refractivity contribution is -0.140. The number of sulfonamides is 1. The minimum atomic E-state index is -4.45. The monoisotopic (exact) mass is 677 g/mol. The Kier molecular flexibility index (Phi) is 12.4. The summed E-state index contributed by atoms with van der Waals surface area (Å²) in [6.45, 7) is 1.59. The van der Waals surface area contributed by atoms with Crippen LogP contribution in [0.25, 0.3) is 0 Å². The number of carbonyl (C=O) groups excluding carboxylic acids is 2. The third-order valence-corrected chi connectivity index (χ3v) is 9.41. The van der Waals surface area contributed by atoms with Gasteiger partial charge >= 0.3 is 0 Å². The molecule has 0 aliphatic carbocycles. The van der Waals surface area contributed by atoms with Gasteiger partial charge in [-0.1, -0.05) is 49.4 Å². The third kappa shape index (κ3) is 8.82. The molecule has 12 heteroatoms. The summed E-state index contributed by atoms with van der Waals surface area (Å²) < 4.78 is 59.5. The van der Waals surface area contributed by atoms with Gasteiger partial charge in [0.05, 0.1) is 31.9 Å². The van der Waals surface area contributed by atoms with Gasteiger partial charge in [0.15, 0.2) is 11.5 Å². The molecule has 4 aromatic carbocycles. The highest BCUT2D eigenvalue weighted by Crippen LogP contribution is 2.32. The van der Waals surface area contributed by atoms with Crippen LogP contribution in [-0.2, 0) is 32.6 Å². The SMILES string of the molecule is CCCNC(=O)[C@@H](Cc1ccccc1)N(Cc1cccc(OC)c1)C(=O)CN(c1ccc(F)cc1)S(=O)(=O)c1ccc(OC)c(OC)c1. The Morgan fingerprint density at radius 1 is 0.812 bits per heavy atom. The first-order valence-corrected chi connectivity index (χ1v) is 16.8. The van der Waals surface area contributed by atoms with Gasteiger partial charge in [0.25, 0.3) is 10.0 Å². The first-order valence-electron chi connectivity index (χ1n) is 15.4. The second-order valence-corrected chi connectivity index (χ2v) is 12.7. The van der Waals surface area contributed by atoms with E-state index in [1.165, 1.54) is 56.6 Å². The molecule has 0 aromatic heterocycles. The number of benzene rings is 4. The summed E-state index contributed by atoms with van der Waals surface area (Å²) in [5.41, 5.74) is 1.53. The Morgan fingerprint density at radius 3 is 2.15 bits per heavy atom. The van der Waals surface area contributed by atoms with E-state index in [4.69, 9.17) is 14.2 Å². The van der Waals surface area contributed by atoms with Crippen molar-refractivity contribution in [3.63, 3.8) is 0 Å². The van der Waals surface area contributed by atoms with Crippen LogP contribution in [0.5, 0.6) is 17.2 Å². The van der Waals surface area contributed by atoms with Crippen LogP contribution in [0.2, 0.25) is 0 Å². The second-order valence-electron chi connectivity index (χ2n) is 10.9. The first-order chi connectivity index (χ1) is 23.1. The number of ether oxygens (including phenoxy) is 3. The molecule has 0 saturated carbocycles. The fraction of sp³-hybridized carbons (Fsp3) is 0.278. The summed E-state index contributed by atoms with van der Waals surface area (Å²) in [5, 5.41) is 2.91. The van der Waals surface area contributed by atoms with Gasteiger partial charge in [-0.2, -0.15) is 0 Å².